The molecular formula is C11H10N4. The molecule has 0 saturated heterocycles. The van der Waals surface area contributed by atoms with Crippen molar-refractivity contribution >= 4 is 22.8 Å². The van der Waals surface area contributed by atoms with Crippen LogP contribution in [0.1, 0.15) is 0 Å². The summed E-state index contributed by atoms with van der Waals surface area (Å²) in [4.78, 5) is 0. The monoisotopic (exact) mass is 198 g/mol. The molecule has 0 fully saturated rings. The van der Waals surface area contributed by atoms with E-state index in [1.54, 1.807) is 0 Å². The highest BCUT2D eigenvalue weighted by Crippen LogP contribution is 2.25. The smallest absolute Gasteiger partial charge is 0.157 e. The highest BCUT2D eigenvalue weighted by molar-refractivity contribution is 5.92. The molecule has 0 aromatic heterocycles. The van der Waals surface area contributed by atoms with Gasteiger partial charge in [-0.1, -0.05) is 36.4 Å². The summed E-state index contributed by atoms with van der Waals surface area (Å²) in [6.07, 6.45) is 1.21. The molecule has 0 radical (unpaired) electrons. The van der Waals surface area contributed by atoms with Crippen LogP contribution in [0.25, 0.3) is 10.8 Å². The van der Waals surface area contributed by atoms with Crippen molar-refractivity contribution in [2.75, 3.05) is 0 Å². The second-order valence-electron chi connectivity index (χ2n) is 2.98. The predicted molar refractivity (Wildman–Crippen MR) is 61.1 cm³/mol. The second-order valence-corrected chi connectivity index (χ2v) is 2.98. The van der Waals surface area contributed by atoms with Crippen LogP contribution >= 0.6 is 0 Å². The fourth-order valence-corrected chi connectivity index (χ4v) is 1.41. The van der Waals surface area contributed by atoms with Gasteiger partial charge in [-0.15, -0.1) is 10.2 Å². The lowest BCUT2D eigenvalue weighted by Crippen LogP contribution is -1.77. The largest absolute Gasteiger partial charge is 0.322 e. The van der Waals surface area contributed by atoms with E-state index < -0.39 is 0 Å². The molecule has 0 heterocycles. The lowest BCUT2D eigenvalue weighted by atomic mass is 10.1. The Morgan fingerprint density at radius 2 is 1.80 bits per heavy atom. The zero-order valence-corrected chi connectivity index (χ0v) is 8.04. The fourth-order valence-electron chi connectivity index (χ4n) is 1.41. The van der Waals surface area contributed by atoms with E-state index in [1.807, 2.05) is 42.5 Å². The molecular weight excluding hydrogens is 188 g/mol. The van der Waals surface area contributed by atoms with Crippen LogP contribution in [-0.4, -0.2) is 6.34 Å². The third-order valence-electron chi connectivity index (χ3n) is 2.05. The maximum absolute atomic E-state index is 4.92. The van der Waals surface area contributed by atoms with Gasteiger partial charge in [-0.05, 0) is 11.5 Å². The molecule has 2 aromatic carbocycles. The Hall–Kier alpha value is -2.23. The Bertz CT molecular complexity index is 511. The molecule has 4 nitrogen and oxygen atoms in total. The number of hydrogen-bond acceptors (Lipinski definition) is 3. The van der Waals surface area contributed by atoms with E-state index in [4.69, 9.17) is 5.84 Å². The van der Waals surface area contributed by atoms with Crippen molar-refractivity contribution in [3.8, 4) is 0 Å². The zero-order chi connectivity index (χ0) is 10.5. The number of nitrogens with two attached hydrogens (primary N) is 1. The van der Waals surface area contributed by atoms with Crippen LogP contribution in [0.4, 0.5) is 5.69 Å². The molecule has 0 bridgehead atoms. The molecule has 0 aliphatic heterocycles. The summed E-state index contributed by atoms with van der Waals surface area (Å²) >= 11 is 0. The maximum Gasteiger partial charge on any atom is 0.157 e. The molecule has 2 aromatic rings. The Morgan fingerprint density at radius 1 is 1.00 bits per heavy atom. The SMILES string of the molecule is NN=CN=Nc1cccc2ccccc12. The van der Waals surface area contributed by atoms with E-state index in [9.17, 15) is 0 Å². The van der Waals surface area contributed by atoms with Gasteiger partial charge in [0.05, 0.1) is 5.69 Å². The third kappa shape index (κ3) is 1.99. The number of azo groups is 1. The maximum atomic E-state index is 4.92. The molecule has 0 unspecified atom stereocenters. The quantitative estimate of drug-likeness (QED) is 0.260. The molecule has 0 atom stereocenters. The first-order chi connectivity index (χ1) is 7.42. The number of hydrazone groups is 1. The van der Waals surface area contributed by atoms with E-state index in [1.165, 1.54) is 6.34 Å². The molecule has 15 heavy (non-hydrogen) atoms. The third-order valence-corrected chi connectivity index (χ3v) is 2.05. The summed E-state index contributed by atoms with van der Waals surface area (Å²) in [5.41, 5.74) is 0.813. The van der Waals surface area contributed by atoms with Gasteiger partial charge in [0.2, 0.25) is 0 Å². The van der Waals surface area contributed by atoms with Gasteiger partial charge in [-0.25, -0.2) is 0 Å². The standard InChI is InChI=1S/C11H10N4/c12-13-8-14-15-11-7-3-5-9-4-1-2-6-10(9)11/h1-8H,12H2. The van der Waals surface area contributed by atoms with Crippen molar-refractivity contribution in [2.24, 2.45) is 21.2 Å². The minimum Gasteiger partial charge on any atom is -0.322 e. The minimum absolute atomic E-state index is 0.813. The van der Waals surface area contributed by atoms with E-state index in [0.29, 0.717) is 0 Å². The number of benzene rings is 2. The van der Waals surface area contributed by atoms with Crippen LogP contribution in [0.5, 0.6) is 0 Å². The van der Waals surface area contributed by atoms with Crippen LogP contribution in [0, 0.1) is 0 Å². The first-order valence-corrected chi connectivity index (χ1v) is 4.52. The molecule has 0 aliphatic rings. The van der Waals surface area contributed by atoms with Gasteiger partial charge >= 0.3 is 0 Å². The Kier molecular flexibility index (Phi) is 2.69. The van der Waals surface area contributed by atoms with Crippen LogP contribution < -0.4 is 5.84 Å². The number of rotatable bonds is 2. The van der Waals surface area contributed by atoms with Crippen molar-refractivity contribution in [3.63, 3.8) is 0 Å². The van der Waals surface area contributed by atoms with E-state index >= 15 is 0 Å². The topological polar surface area (TPSA) is 63.1 Å². The Balaban J connectivity index is 2.51. The minimum atomic E-state index is 0.813. The first kappa shape index (κ1) is 9.33. The average Bonchev–Trinajstić information content (AvgIpc) is 2.30. The number of nitrogens with zero attached hydrogens (tertiary/aromatic N) is 3. The second kappa shape index (κ2) is 4.32. The highest BCUT2D eigenvalue weighted by Gasteiger charge is 1.96. The molecule has 0 amide bonds. The molecule has 0 saturated carbocycles. The summed E-state index contributed by atoms with van der Waals surface area (Å²) in [5.74, 6) is 4.92. The van der Waals surface area contributed by atoms with Crippen LogP contribution in [0.15, 0.2) is 57.8 Å². The van der Waals surface area contributed by atoms with Crippen molar-refractivity contribution in [2.45, 2.75) is 0 Å². The van der Waals surface area contributed by atoms with Crippen LogP contribution in [0.2, 0.25) is 0 Å². The van der Waals surface area contributed by atoms with Gasteiger partial charge in [-0.2, -0.15) is 5.10 Å². The summed E-state index contributed by atoms with van der Waals surface area (Å²) in [7, 11) is 0. The highest BCUT2D eigenvalue weighted by atomic mass is 15.2. The van der Waals surface area contributed by atoms with Gasteiger partial charge in [0.25, 0.3) is 0 Å². The van der Waals surface area contributed by atoms with E-state index in [2.05, 4.69) is 15.3 Å². The molecule has 0 aliphatic carbocycles. The normalized spacial score (nSPS) is 11.7. The van der Waals surface area contributed by atoms with Gasteiger partial charge in [0.1, 0.15) is 0 Å². The number of hydrogen-bond donors (Lipinski definition) is 1. The molecule has 2 N–H and O–H groups in total. The zero-order valence-electron chi connectivity index (χ0n) is 8.04. The van der Waals surface area contributed by atoms with Gasteiger partial charge in [0.15, 0.2) is 6.34 Å². The average molecular weight is 198 g/mol. The number of fused-ring (bicyclic) bond motifs is 1. The van der Waals surface area contributed by atoms with Crippen molar-refractivity contribution in [1.82, 2.24) is 0 Å². The lowest BCUT2D eigenvalue weighted by Gasteiger charge is -1.98. The summed E-state index contributed by atoms with van der Waals surface area (Å²) < 4.78 is 0. The van der Waals surface area contributed by atoms with Gasteiger partial charge in [-0.3, -0.25) is 0 Å². The van der Waals surface area contributed by atoms with E-state index in [0.717, 1.165) is 16.5 Å². The molecule has 2 rings (SSSR count). The summed E-state index contributed by atoms with van der Waals surface area (Å²) in [6, 6.07) is 13.9. The predicted octanol–water partition coefficient (Wildman–Crippen LogP) is 2.83. The molecule has 0 spiro atoms. The Morgan fingerprint density at radius 3 is 2.67 bits per heavy atom. The fraction of sp³-hybridized carbons (Fsp3) is 0. The molecule has 74 valence electrons. The van der Waals surface area contributed by atoms with Gasteiger partial charge < -0.3 is 5.84 Å². The van der Waals surface area contributed by atoms with Crippen LogP contribution in [-0.2, 0) is 0 Å². The van der Waals surface area contributed by atoms with Gasteiger partial charge in [0, 0.05) is 5.39 Å². The van der Waals surface area contributed by atoms with Crippen molar-refractivity contribution in [3.05, 3.63) is 42.5 Å². The Labute approximate surface area is 87.1 Å². The summed E-state index contributed by atoms with van der Waals surface area (Å²) in [6.45, 7) is 0. The summed E-state index contributed by atoms with van der Waals surface area (Å²) in [5, 5.41) is 13.2. The van der Waals surface area contributed by atoms with Crippen LogP contribution in [0.3, 0.4) is 0 Å². The van der Waals surface area contributed by atoms with E-state index in [-0.39, 0.29) is 0 Å². The first-order valence-electron chi connectivity index (χ1n) is 4.52. The van der Waals surface area contributed by atoms with Crippen molar-refractivity contribution in [1.29, 1.82) is 0 Å². The lowest BCUT2D eigenvalue weighted by molar-refractivity contribution is 1.22. The van der Waals surface area contributed by atoms with Crippen molar-refractivity contribution < 1.29 is 0 Å². The molecule has 4 heteroatoms.